The molecule has 0 saturated heterocycles. The first-order chi connectivity index (χ1) is 12.3. The fourth-order valence-electron chi connectivity index (χ4n) is 2.06. The van der Waals surface area contributed by atoms with Crippen molar-refractivity contribution < 1.29 is 23.9 Å². The number of rotatable bonds is 5. The van der Waals surface area contributed by atoms with Crippen LogP contribution in [0.2, 0.25) is 10.0 Å². The van der Waals surface area contributed by atoms with Gasteiger partial charge in [0.15, 0.2) is 6.61 Å². The van der Waals surface area contributed by atoms with Crippen molar-refractivity contribution in [3.05, 3.63) is 63.1 Å². The Labute approximate surface area is 160 Å². The Bertz CT molecular complexity index is 867. The van der Waals surface area contributed by atoms with Crippen LogP contribution in [0.3, 0.4) is 0 Å². The minimum atomic E-state index is -0.771. The summed E-state index contributed by atoms with van der Waals surface area (Å²) < 4.78 is 9.59. The van der Waals surface area contributed by atoms with Crippen molar-refractivity contribution in [3.8, 4) is 0 Å². The van der Waals surface area contributed by atoms with Crippen molar-refractivity contribution in [3.63, 3.8) is 0 Å². The van der Waals surface area contributed by atoms with Gasteiger partial charge in [0, 0.05) is 5.69 Å². The van der Waals surface area contributed by atoms with Crippen molar-refractivity contribution in [2.75, 3.05) is 19.0 Å². The van der Waals surface area contributed by atoms with E-state index < -0.39 is 24.5 Å². The number of nitrogens with one attached hydrogen (secondary N) is 1. The molecule has 0 fully saturated rings. The van der Waals surface area contributed by atoms with Crippen LogP contribution in [0.1, 0.15) is 26.3 Å². The SMILES string of the molecule is COC(=O)c1ccc(C)c(NC(=O)COC(=O)c2cccc(Cl)c2Cl)c1. The predicted molar refractivity (Wildman–Crippen MR) is 97.9 cm³/mol. The van der Waals surface area contributed by atoms with Crippen LogP contribution in [0.4, 0.5) is 5.69 Å². The molecule has 0 saturated carbocycles. The Hall–Kier alpha value is -2.57. The van der Waals surface area contributed by atoms with Gasteiger partial charge >= 0.3 is 11.9 Å². The highest BCUT2D eigenvalue weighted by Crippen LogP contribution is 2.26. The van der Waals surface area contributed by atoms with Crippen LogP contribution in [-0.2, 0) is 14.3 Å². The summed E-state index contributed by atoms with van der Waals surface area (Å²) in [5.74, 6) is -1.86. The minimum absolute atomic E-state index is 0.0567. The number of amides is 1. The Balaban J connectivity index is 2.02. The van der Waals surface area contributed by atoms with Crippen molar-refractivity contribution >= 4 is 46.7 Å². The quantitative estimate of drug-likeness (QED) is 0.776. The van der Waals surface area contributed by atoms with E-state index in [2.05, 4.69) is 10.1 Å². The van der Waals surface area contributed by atoms with Crippen LogP contribution >= 0.6 is 23.2 Å². The molecule has 26 heavy (non-hydrogen) atoms. The Morgan fingerprint density at radius 2 is 1.81 bits per heavy atom. The summed E-state index contributed by atoms with van der Waals surface area (Å²) in [5.41, 5.74) is 1.50. The average Bonchev–Trinajstić information content (AvgIpc) is 2.63. The number of benzene rings is 2. The lowest BCUT2D eigenvalue weighted by Gasteiger charge is -2.11. The Morgan fingerprint density at radius 1 is 1.08 bits per heavy atom. The molecule has 0 atom stereocenters. The van der Waals surface area contributed by atoms with Crippen molar-refractivity contribution in [2.24, 2.45) is 0 Å². The molecule has 0 spiro atoms. The summed E-state index contributed by atoms with van der Waals surface area (Å²) in [5, 5.41) is 2.85. The monoisotopic (exact) mass is 395 g/mol. The van der Waals surface area contributed by atoms with Crippen LogP contribution in [0.25, 0.3) is 0 Å². The molecule has 0 aliphatic heterocycles. The van der Waals surface area contributed by atoms with E-state index >= 15 is 0 Å². The number of aryl methyl sites for hydroxylation is 1. The maximum atomic E-state index is 12.0. The molecule has 2 aromatic carbocycles. The molecule has 0 heterocycles. The summed E-state index contributed by atoms with van der Waals surface area (Å²) >= 11 is 11.8. The minimum Gasteiger partial charge on any atom is -0.465 e. The number of halogens is 2. The molecule has 0 aliphatic carbocycles. The van der Waals surface area contributed by atoms with Gasteiger partial charge in [-0.2, -0.15) is 0 Å². The van der Waals surface area contributed by atoms with E-state index in [4.69, 9.17) is 27.9 Å². The van der Waals surface area contributed by atoms with Crippen molar-refractivity contribution in [1.82, 2.24) is 0 Å². The zero-order chi connectivity index (χ0) is 19.3. The van der Waals surface area contributed by atoms with E-state index in [1.807, 2.05) is 0 Å². The molecule has 0 radical (unpaired) electrons. The van der Waals surface area contributed by atoms with Gasteiger partial charge in [-0.15, -0.1) is 0 Å². The van der Waals surface area contributed by atoms with Gasteiger partial charge in [0.1, 0.15) is 0 Å². The number of esters is 2. The molecule has 6 nitrogen and oxygen atoms in total. The molecule has 0 bridgehead atoms. The van der Waals surface area contributed by atoms with Gasteiger partial charge < -0.3 is 14.8 Å². The van der Waals surface area contributed by atoms with E-state index in [1.165, 1.54) is 25.3 Å². The fraction of sp³-hybridized carbons (Fsp3) is 0.167. The topological polar surface area (TPSA) is 81.7 Å². The molecule has 1 N–H and O–H groups in total. The smallest absolute Gasteiger partial charge is 0.340 e. The lowest BCUT2D eigenvalue weighted by molar-refractivity contribution is -0.119. The third kappa shape index (κ3) is 4.74. The van der Waals surface area contributed by atoms with E-state index in [0.717, 1.165) is 5.56 Å². The molecule has 0 aliphatic rings. The van der Waals surface area contributed by atoms with Gasteiger partial charge in [0.05, 0.1) is 28.3 Å². The zero-order valence-corrected chi connectivity index (χ0v) is 15.5. The van der Waals surface area contributed by atoms with Gasteiger partial charge in [0.25, 0.3) is 5.91 Å². The normalized spacial score (nSPS) is 10.2. The molecule has 136 valence electrons. The van der Waals surface area contributed by atoms with E-state index in [0.29, 0.717) is 5.69 Å². The standard InChI is InChI=1S/C18H15Cl2NO5/c1-10-6-7-11(17(23)25-2)8-14(10)21-15(22)9-26-18(24)12-4-3-5-13(19)16(12)20/h3-8H,9H2,1-2H3,(H,21,22). The second-order valence-corrected chi connectivity index (χ2v) is 6.03. The largest absolute Gasteiger partial charge is 0.465 e. The van der Waals surface area contributed by atoms with Crippen LogP contribution < -0.4 is 5.32 Å². The first-order valence-electron chi connectivity index (χ1n) is 7.43. The van der Waals surface area contributed by atoms with Gasteiger partial charge in [0.2, 0.25) is 0 Å². The number of hydrogen-bond acceptors (Lipinski definition) is 5. The Kier molecular flexibility index (Phi) is 6.60. The highest BCUT2D eigenvalue weighted by atomic mass is 35.5. The number of hydrogen-bond donors (Lipinski definition) is 1. The second-order valence-electron chi connectivity index (χ2n) is 5.25. The first kappa shape index (κ1) is 19.8. The molecule has 2 rings (SSSR count). The van der Waals surface area contributed by atoms with E-state index in [1.54, 1.807) is 25.1 Å². The number of methoxy groups -OCH3 is 1. The lowest BCUT2D eigenvalue weighted by atomic mass is 10.1. The van der Waals surface area contributed by atoms with E-state index in [-0.39, 0.29) is 21.2 Å². The number of ether oxygens (including phenoxy) is 2. The molecular formula is C18H15Cl2NO5. The van der Waals surface area contributed by atoms with Gasteiger partial charge in [-0.05, 0) is 36.8 Å². The van der Waals surface area contributed by atoms with Crippen LogP contribution in [-0.4, -0.2) is 31.6 Å². The first-order valence-corrected chi connectivity index (χ1v) is 8.19. The van der Waals surface area contributed by atoms with Crippen molar-refractivity contribution in [1.29, 1.82) is 0 Å². The molecule has 1 amide bonds. The van der Waals surface area contributed by atoms with Gasteiger partial charge in [-0.3, -0.25) is 4.79 Å². The fourth-order valence-corrected chi connectivity index (χ4v) is 2.44. The van der Waals surface area contributed by atoms with Crippen LogP contribution in [0.15, 0.2) is 36.4 Å². The zero-order valence-electron chi connectivity index (χ0n) is 14.0. The molecule has 0 aromatic heterocycles. The number of carbonyl (C=O) groups excluding carboxylic acids is 3. The molecule has 2 aromatic rings. The highest BCUT2D eigenvalue weighted by molar-refractivity contribution is 6.43. The lowest BCUT2D eigenvalue weighted by Crippen LogP contribution is -2.21. The average molecular weight is 396 g/mol. The predicted octanol–water partition coefficient (Wildman–Crippen LogP) is 3.88. The van der Waals surface area contributed by atoms with Gasteiger partial charge in [-0.25, -0.2) is 9.59 Å². The third-order valence-corrected chi connectivity index (χ3v) is 4.26. The molecule has 8 heteroatoms. The van der Waals surface area contributed by atoms with Gasteiger partial charge in [-0.1, -0.05) is 35.3 Å². The maximum Gasteiger partial charge on any atom is 0.340 e. The van der Waals surface area contributed by atoms with E-state index in [9.17, 15) is 14.4 Å². The summed E-state index contributed by atoms with van der Waals surface area (Å²) in [4.78, 5) is 35.6. The summed E-state index contributed by atoms with van der Waals surface area (Å²) in [6.07, 6.45) is 0. The Morgan fingerprint density at radius 3 is 2.50 bits per heavy atom. The van der Waals surface area contributed by atoms with Crippen molar-refractivity contribution in [2.45, 2.75) is 6.92 Å². The maximum absolute atomic E-state index is 12.0. The highest BCUT2D eigenvalue weighted by Gasteiger charge is 2.16. The van der Waals surface area contributed by atoms with Crippen LogP contribution in [0.5, 0.6) is 0 Å². The second kappa shape index (κ2) is 8.69. The molecule has 0 unspecified atom stereocenters. The summed E-state index contributed by atoms with van der Waals surface area (Å²) in [7, 11) is 1.26. The summed E-state index contributed by atoms with van der Waals surface area (Å²) in [6.45, 7) is 1.23. The third-order valence-electron chi connectivity index (χ3n) is 3.44. The van der Waals surface area contributed by atoms with Crippen LogP contribution in [0, 0.1) is 6.92 Å². The number of carbonyl (C=O) groups is 3. The molecular weight excluding hydrogens is 381 g/mol. The number of anilines is 1. The summed E-state index contributed by atoms with van der Waals surface area (Å²) in [6, 6.07) is 9.25.